The second kappa shape index (κ2) is 5.84. The zero-order valence-corrected chi connectivity index (χ0v) is 14.3. The maximum atomic E-state index is 12.5. The van der Waals surface area contributed by atoms with Gasteiger partial charge >= 0.3 is 0 Å². The Labute approximate surface area is 130 Å². The van der Waals surface area contributed by atoms with E-state index in [0.717, 1.165) is 9.35 Å². The van der Waals surface area contributed by atoms with E-state index in [4.69, 9.17) is 5.73 Å². The molecule has 2 rings (SSSR count). The zero-order chi connectivity index (χ0) is 14.9. The Morgan fingerprint density at radius 2 is 2.25 bits per heavy atom. The van der Waals surface area contributed by atoms with Gasteiger partial charge < -0.3 is 5.73 Å². The van der Waals surface area contributed by atoms with E-state index in [0.29, 0.717) is 13.1 Å². The molecule has 0 saturated carbocycles. The van der Waals surface area contributed by atoms with Crippen LogP contribution in [0, 0.1) is 0 Å². The second-order valence-electron chi connectivity index (χ2n) is 4.23. The minimum Gasteiger partial charge on any atom is -0.381 e. The van der Waals surface area contributed by atoms with Gasteiger partial charge in [0, 0.05) is 41.1 Å². The van der Waals surface area contributed by atoms with E-state index >= 15 is 0 Å². The average Bonchev–Trinajstić information content (AvgIpc) is 2.95. The highest BCUT2D eigenvalue weighted by Gasteiger charge is 2.26. The van der Waals surface area contributed by atoms with Crippen LogP contribution in [0.1, 0.15) is 11.8 Å². The molecular weight excluding hydrogens is 364 g/mol. The van der Waals surface area contributed by atoms with E-state index < -0.39 is 10.0 Å². The summed E-state index contributed by atoms with van der Waals surface area (Å²) in [5.41, 5.74) is 5.70. The van der Waals surface area contributed by atoms with Crippen LogP contribution >= 0.6 is 27.3 Å². The van der Waals surface area contributed by atoms with E-state index in [9.17, 15) is 8.42 Å². The molecule has 6 nitrogen and oxygen atoms in total. The molecule has 20 heavy (non-hydrogen) atoms. The number of nitrogen functional groups attached to an aromatic ring is 1. The summed E-state index contributed by atoms with van der Waals surface area (Å²) in [7, 11) is -2.10. The molecule has 0 saturated heterocycles. The molecule has 0 unspecified atom stereocenters. The third kappa shape index (κ3) is 3.05. The lowest BCUT2D eigenvalue weighted by molar-refractivity contribution is 0.470. The van der Waals surface area contributed by atoms with Crippen molar-refractivity contribution in [2.24, 2.45) is 0 Å². The number of sulfonamides is 1. The number of nitrogens with two attached hydrogens (primary N) is 1. The predicted molar refractivity (Wildman–Crippen MR) is 83.0 cm³/mol. The number of anilines is 1. The minimum absolute atomic E-state index is 0.0334. The average molecular weight is 379 g/mol. The van der Waals surface area contributed by atoms with Gasteiger partial charge in [0.15, 0.2) is 5.82 Å². The molecule has 9 heteroatoms. The highest BCUT2D eigenvalue weighted by molar-refractivity contribution is 9.10. The summed E-state index contributed by atoms with van der Waals surface area (Å²) < 4.78 is 28.7. The van der Waals surface area contributed by atoms with E-state index in [1.807, 2.05) is 18.4 Å². The van der Waals surface area contributed by atoms with Crippen molar-refractivity contribution < 1.29 is 8.42 Å². The van der Waals surface area contributed by atoms with Crippen molar-refractivity contribution in [3.63, 3.8) is 0 Å². The maximum Gasteiger partial charge on any atom is 0.248 e. The third-order valence-corrected chi connectivity index (χ3v) is 6.27. The summed E-state index contributed by atoms with van der Waals surface area (Å²) in [4.78, 5) is 1.00. The molecule has 2 N–H and O–H groups in total. The Morgan fingerprint density at radius 1 is 1.55 bits per heavy atom. The van der Waals surface area contributed by atoms with Crippen LogP contribution in [-0.2, 0) is 23.1 Å². The molecule has 0 spiro atoms. The van der Waals surface area contributed by atoms with Gasteiger partial charge in [0.2, 0.25) is 10.0 Å². The monoisotopic (exact) mass is 378 g/mol. The van der Waals surface area contributed by atoms with E-state index in [1.165, 1.54) is 33.6 Å². The van der Waals surface area contributed by atoms with E-state index in [-0.39, 0.29) is 10.7 Å². The van der Waals surface area contributed by atoms with Crippen LogP contribution in [-0.4, -0.2) is 29.6 Å². The SMILES string of the molecule is CCn1cc(S(=O)(=O)N(C)Cc2cc(Br)cs2)c(N)n1. The third-order valence-electron chi connectivity index (χ3n) is 2.77. The fraction of sp³-hybridized carbons (Fsp3) is 0.364. The normalized spacial score (nSPS) is 12.2. The fourth-order valence-electron chi connectivity index (χ4n) is 1.69. The van der Waals surface area contributed by atoms with Gasteiger partial charge in [0.05, 0.1) is 0 Å². The molecule has 0 aromatic carbocycles. The molecule has 0 atom stereocenters. The Morgan fingerprint density at radius 3 is 2.75 bits per heavy atom. The van der Waals surface area contributed by atoms with Gasteiger partial charge in [-0.25, -0.2) is 8.42 Å². The first-order valence-corrected chi connectivity index (χ1v) is 8.98. The molecular formula is C11H15BrN4O2S2. The number of nitrogens with zero attached hydrogens (tertiary/aromatic N) is 3. The predicted octanol–water partition coefficient (Wildman–Crippen LogP) is 2.13. The van der Waals surface area contributed by atoms with Crippen molar-refractivity contribution in [3.05, 3.63) is 27.0 Å². The first-order valence-electron chi connectivity index (χ1n) is 5.86. The zero-order valence-electron chi connectivity index (χ0n) is 11.1. The van der Waals surface area contributed by atoms with Crippen LogP contribution in [0.15, 0.2) is 27.0 Å². The molecule has 0 aliphatic rings. The van der Waals surface area contributed by atoms with Crippen LogP contribution in [0.4, 0.5) is 5.82 Å². The molecule has 2 aromatic heterocycles. The summed E-state index contributed by atoms with van der Waals surface area (Å²) in [5, 5.41) is 5.89. The number of rotatable bonds is 5. The van der Waals surface area contributed by atoms with Crippen molar-refractivity contribution in [1.29, 1.82) is 0 Å². The first-order chi connectivity index (χ1) is 9.34. The number of halogens is 1. The Balaban J connectivity index is 2.26. The minimum atomic E-state index is -3.63. The lowest BCUT2D eigenvalue weighted by atomic mass is 10.5. The second-order valence-corrected chi connectivity index (χ2v) is 8.15. The standard InChI is InChI=1S/C11H15BrN4O2S2/c1-3-16-6-10(11(13)14-16)20(17,18)15(2)5-9-4-8(12)7-19-9/h4,6-7H,3,5H2,1-2H3,(H2,13,14). The van der Waals surface area contributed by atoms with Crippen molar-refractivity contribution in [2.75, 3.05) is 12.8 Å². The van der Waals surface area contributed by atoms with Crippen LogP contribution in [0.3, 0.4) is 0 Å². The van der Waals surface area contributed by atoms with E-state index in [1.54, 1.807) is 0 Å². The highest BCUT2D eigenvalue weighted by Crippen LogP contribution is 2.25. The fourth-order valence-corrected chi connectivity index (χ4v) is 4.48. The van der Waals surface area contributed by atoms with Crippen LogP contribution in [0.25, 0.3) is 0 Å². The summed E-state index contributed by atoms with van der Waals surface area (Å²) in [5.74, 6) is 0.0334. The van der Waals surface area contributed by atoms with Crippen molar-refractivity contribution in [2.45, 2.75) is 24.9 Å². The smallest absolute Gasteiger partial charge is 0.248 e. The highest BCUT2D eigenvalue weighted by atomic mass is 79.9. The van der Waals surface area contributed by atoms with Crippen LogP contribution in [0.5, 0.6) is 0 Å². The van der Waals surface area contributed by atoms with Gasteiger partial charge in [0.1, 0.15) is 4.90 Å². The maximum absolute atomic E-state index is 12.5. The molecule has 0 fully saturated rings. The van der Waals surface area contributed by atoms with Crippen LogP contribution < -0.4 is 5.73 Å². The Kier molecular flexibility index (Phi) is 4.52. The molecule has 0 aliphatic carbocycles. The van der Waals surface area contributed by atoms with Gasteiger partial charge in [0.25, 0.3) is 0 Å². The summed E-state index contributed by atoms with van der Waals surface area (Å²) in [6, 6.07) is 1.90. The lowest BCUT2D eigenvalue weighted by Gasteiger charge is -2.15. The van der Waals surface area contributed by atoms with Gasteiger partial charge in [-0.3, -0.25) is 4.68 Å². The molecule has 2 aromatic rings. The lowest BCUT2D eigenvalue weighted by Crippen LogP contribution is -2.26. The number of aryl methyl sites for hydroxylation is 1. The van der Waals surface area contributed by atoms with Crippen molar-refractivity contribution >= 4 is 43.1 Å². The molecule has 0 aliphatic heterocycles. The van der Waals surface area contributed by atoms with E-state index in [2.05, 4.69) is 21.0 Å². The Bertz CT molecular complexity index is 708. The molecule has 0 amide bonds. The summed E-state index contributed by atoms with van der Waals surface area (Å²) in [6.07, 6.45) is 1.46. The molecule has 2 heterocycles. The van der Waals surface area contributed by atoms with Gasteiger partial charge in [-0.15, -0.1) is 11.3 Å². The topological polar surface area (TPSA) is 81.2 Å². The number of hydrogen-bond donors (Lipinski definition) is 1. The number of aromatic nitrogens is 2. The van der Waals surface area contributed by atoms with Gasteiger partial charge in [-0.2, -0.15) is 9.40 Å². The number of thiophene rings is 1. The summed E-state index contributed by atoms with van der Waals surface area (Å²) >= 11 is 4.85. The van der Waals surface area contributed by atoms with Gasteiger partial charge in [-0.05, 0) is 28.9 Å². The molecule has 0 radical (unpaired) electrons. The molecule has 110 valence electrons. The largest absolute Gasteiger partial charge is 0.381 e. The summed E-state index contributed by atoms with van der Waals surface area (Å²) in [6.45, 7) is 2.74. The van der Waals surface area contributed by atoms with Crippen molar-refractivity contribution in [3.8, 4) is 0 Å². The number of hydrogen-bond acceptors (Lipinski definition) is 5. The van der Waals surface area contributed by atoms with Crippen LogP contribution in [0.2, 0.25) is 0 Å². The first kappa shape index (κ1) is 15.5. The quantitative estimate of drug-likeness (QED) is 0.863. The van der Waals surface area contributed by atoms with Gasteiger partial charge in [-0.1, -0.05) is 0 Å². The molecule has 0 bridgehead atoms. The Hall–Kier alpha value is -0.900. The van der Waals surface area contributed by atoms with Crippen molar-refractivity contribution in [1.82, 2.24) is 14.1 Å².